The minimum Gasteiger partial charge on any atom is -0.545 e. The van der Waals surface area contributed by atoms with E-state index in [4.69, 9.17) is 18.9 Å². The van der Waals surface area contributed by atoms with Crippen molar-refractivity contribution in [3.05, 3.63) is 122 Å². The normalized spacial score (nSPS) is 13.3. The van der Waals surface area contributed by atoms with Crippen molar-refractivity contribution in [2.45, 2.75) is 373 Å². The molecule has 0 rings (SSSR count). The SMILES string of the molecule is CC/C=C\C/C=C\C/C=C\C/C=C\C/C=C\C/C=C\C/C=C\CCCCCCCCCCCCCCCCCCCCCC(=O)OC(COC(=O)CCCCCCCCCCCCCCCCCC/C=C\C/C=C\C/C=C\CCCCCCC)COC(OCC[N+](C)(C)C)C(=O)[O-]. The second-order valence-corrected chi connectivity index (χ2v) is 28.3. The molecule has 0 aliphatic heterocycles. The van der Waals surface area contributed by atoms with Gasteiger partial charge in [0.1, 0.15) is 13.2 Å². The molecular formula is C88H153NO8. The van der Waals surface area contributed by atoms with E-state index in [1.807, 2.05) is 21.1 Å². The smallest absolute Gasteiger partial charge is 0.306 e. The Balaban J connectivity index is 4.01. The predicted molar refractivity (Wildman–Crippen MR) is 417 cm³/mol. The van der Waals surface area contributed by atoms with Gasteiger partial charge in [0.05, 0.1) is 40.3 Å². The molecule has 0 N–H and O–H groups in total. The van der Waals surface area contributed by atoms with E-state index in [-0.39, 0.29) is 32.2 Å². The molecule has 0 fully saturated rings. The van der Waals surface area contributed by atoms with Crippen LogP contribution in [0.15, 0.2) is 122 Å². The summed E-state index contributed by atoms with van der Waals surface area (Å²) in [5, 5.41) is 11.9. The van der Waals surface area contributed by atoms with Gasteiger partial charge in [-0.3, -0.25) is 9.59 Å². The first-order chi connectivity index (χ1) is 47.6. The van der Waals surface area contributed by atoms with Crippen LogP contribution in [0.25, 0.3) is 0 Å². The number of hydrogen-bond acceptors (Lipinski definition) is 8. The highest BCUT2D eigenvalue weighted by atomic mass is 16.7. The molecule has 558 valence electrons. The van der Waals surface area contributed by atoms with Crippen molar-refractivity contribution >= 4 is 17.9 Å². The molecular weight excluding hydrogens is 1200 g/mol. The lowest BCUT2D eigenvalue weighted by Crippen LogP contribution is -2.44. The molecule has 9 nitrogen and oxygen atoms in total. The third kappa shape index (κ3) is 78.9. The topological polar surface area (TPSA) is 111 Å². The predicted octanol–water partition coefficient (Wildman–Crippen LogP) is 24.9. The molecule has 0 aliphatic carbocycles. The lowest BCUT2D eigenvalue weighted by molar-refractivity contribution is -0.870. The molecule has 0 aliphatic rings. The number of aliphatic carboxylic acids is 1. The highest BCUT2D eigenvalue weighted by molar-refractivity contribution is 5.70. The fraction of sp³-hybridized carbons (Fsp3) is 0.739. The maximum atomic E-state index is 13.0. The Hall–Kier alpha value is -4.31. The third-order valence-electron chi connectivity index (χ3n) is 17.7. The van der Waals surface area contributed by atoms with Crippen LogP contribution in [-0.4, -0.2) is 82.3 Å². The number of allylic oxidation sites excluding steroid dienone is 20. The summed E-state index contributed by atoms with van der Waals surface area (Å²) in [6.07, 6.45) is 107. The molecule has 0 amide bonds. The number of carbonyl (C=O) groups is 3. The summed E-state index contributed by atoms with van der Waals surface area (Å²) < 4.78 is 22.9. The molecule has 2 atom stereocenters. The number of carboxylic acids is 1. The van der Waals surface area contributed by atoms with Gasteiger partial charge in [-0.05, 0) is 109 Å². The van der Waals surface area contributed by atoms with Crippen molar-refractivity contribution in [1.82, 2.24) is 0 Å². The number of ether oxygens (including phenoxy) is 4. The zero-order valence-electron chi connectivity index (χ0n) is 63.9. The first-order valence-electron chi connectivity index (χ1n) is 40.7. The molecule has 9 heteroatoms. The second kappa shape index (κ2) is 77.4. The van der Waals surface area contributed by atoms with Gasteiger partial charge in [-0.1, -0.05) is 360 Å². The van der Waals surface area contributed by atoms with Crippen molar-refractivity contribution in [2.24, 2.45) is 0 Å². The zero-order chi connectivity index (χ0) is 70.4. The van der Waals surface area contributed by atoms with E-state index in [0.29, 0.717) is 23.9 Å². The average molecular weight is 1350 g/mol. The lowest BCUT2D eigenvalue weighted by atomic mass is 10.0. The third-order valence-corrected chi connectivity index (χ3v) is 17.7. The maximum Gasteiger partial charge on any atom is 0.306 e. The van der Waals surface area contributed by atoms with E-state index >= 15 is 0 Å². The fourth-order valence-electron chi connectivity index (χ4n) is 11.5. The van der Waals surface area contributed by atoms with E-state index in [1.165, 1.54) is 238 Å². The Kier molecular flexibility index (Phi) is 74.0. The van der Waals surface area contributed by atoms with Crippen LogP contribution < -0.4 is 5.11 Å². The van der Waals surface area contributed by atoms with E-state index in [9.17, 15) is 19.5 Å². The van der Waals surface area contributed by atoms with Gasteiger partial charge in [0, 0.05) is 12.8 Å². The van der Waals surface area contributed by atoms with Gasteiger partial charge in [-0.25, -0.2) is 0 Å². The molecule has 0 heterocycles. The molecule has 0 aromatic rings. The van der Waals surface area contributed by atoms with Crippen molar-refractivity contribution in [3.63, 3.8) is 0 Å². The van der Waals surface area contributed by atoms with Gasteiger partial charge < -0.3 is 33.3 Å². The van der Waals surface area contributed by atoms with Crippen molar-refractivity contribution in [3.8, 4) is 0 Å². The summed E-state index contributed by atoms with van der Waals surface area (Å²) in [4.78, 5) is 37.6. The number of carboxylic acid groups (broad SMARTS) is 1. The number of unbranched alkanes of at least 4 members (excludes halogenated alkanes) is 40. The molecule has 0 aromatic heterocycles. The van der Waals surface area contributed by atoms with Gasteiger partial charge in [-0.15, -0.1) is 0 Å². The minimum absolute atomic E-state index is 0.146. The molecule has 0 spiro atoms. The summed E-state index contributed by atoms with van der Waals surface area (Å²) >= 11 is 0. The molecule has 97 heavy (non-hydrogen) atoms. The Labute approximate surface area is 599 Å². The molecule has 2 unspecified atom stereocenters. The summed E-state index contributed by atoms with van der Waals surface area (Å²) in [5.74, 6) is -2.27. The second-order valence-electron chi connectivity index (χ2n) is 28.3. The number of hydrogen-bond donors (Lipinski definition) is 0. The molecule has 0 bridgehead atoms. The summed E-state index contributed by atoms with van der Waals surface area (Å²) in [6.45, 7) is 4.66. The van der Waals surface area contributed by atoms with Gasteiger partial charge >= 0.3 is 11.9 Å². The van der Waals surface area contributed by atoms with Gasteiger partial charge in [-0.2, -0.15) is 0 Å². The fourth-order valence-corrected chi connectivity index (χ4v) is 11.5. The monoisotopic (exact) mass is 1350 g/mol. The summed E-state index contributed by atoms with van der Waals surface area (Å²) in [6, 6.07) is 0. The van der Waals surface area contributed by atoms with Crippen LogP contribution in [0.5, 0.6) is 0 Å². The summed E-state index contributed by atoms with van der Waals surface area (Å²) in [7, 11) is 5.94. The number of nitrogens with zero attached hydrogens (tertiary/aromatic N) is 1. The van der Waals surface area contributed by atoms with E-state index in [2.05, 4.69) is 135 Å². The Morgan fingerprint density at radius 2 is 0.588 bits per heavy atom. The van der Waals surface area contributed by atoms with Crippen LogP contribution in [0.3, 0.4) is 0 Å². The minimum atomic E-state index is -1.63. The number of carbonyl (C=O) groups excluding carboxylic acids is 3. The highest BCUT2D eigenvalue weighted by Crippen LogP contribution is 2.19. The van der Waals surface area contributed by atoms with Crippen molar-refractivity contribution in [2.75, 3.05) is 47.5 Å². The quantitative estimate of drug-likeness (QED) is 0.0195. The molecule has 0 radical (unpaired) electrons. The van der Waals surface area contributed by atoms with E-state index in [1.54, 1.807) is 0 Å². The molecule has 0 saturated heterocycles. The standard InChI is InChI=1S/C88H153NO8/c1-6-8-10-12-14-16-18-20-22-24-26-28-30-32-34-36-38-39-40-41-42-43-44-45-46-47-49-51-53-55-57-59-61-63-65-67-69-71-73-75-77-79-86(91)97-84(83-96-88(87(92)93)94-81-80-89(3,4)5)82-95-85(90)78-76-74-72-70-68-66-64-62-60-58-56-54-52-50-48-37-35-33-31-29-27-25-23-21-19-17-15-13-11-9-7-2/h8,10,14,16,19-22,25-28,31-34,38-39,41-42,84,88H,6-7,9,11-13,15,17-18,23-24,29-30,35-37,40,43-83H2,1-5H3/b10-8-,16-14-,21-19-,22-20-,27-25-,28-26-,33-31-,34-32-,39-38-,42-41-. The van der Waals surface area contributed by atoms with Gasteiger partial charge in [0.2, 0.25) is 0 Å². The number of likely N-dealkylation sites (N-methyl/N-ethyl adjacent to an activating group) is 1. The number of esters is 2. The average Bonchev–Trinajstić information content (AvgIpc) is 3.27. The van der Waals surface area contributed by atoms with Crippen LogP contribution >= 0.6 is 0 Å². The van der Waals surface area contributed by atoms with Crippen molar-refractivity contribution in [1.29, 1.82) is 0 Å². The largest absolute Gasteiger partial charge is 0.545 e. The molecule has 0 saturated carbocycles. The number of rotatable bonds is 75. The number of quaternary nitrogens is 1. The first-order valence-corrected chi connectivity index (χ1v) is 40.7. The Morgan fingerprint density at radius 1 is 0.320 bits per heavy atom. The van der Waals surface area contributed by atoms with Crippen LogP contribution in [0, 0.1) is 0 Å². The zero-order valence-corrected chi connectivity index (χ0v) is 63.9. The Bertz CT molecular complexity index is 2020. The highest BCUT2D eigenvalue weighted by Gasteiger charge is 2.22. The molecule has 0 aromatic carbocycles. The maximum absolute atomic E-state index is 13.0. The van der Waals surface area contributed by atoms with Crippen LogP contribution in [-0.2, 0) is 33.3 Å². The van der Waals surface area contributed by atoms with E-state index in [0.717, 1.165) is 89.9 Å². The summed E-state index contributed by atoms with van der Waals surface area (Å²) in [5.41, 5.74) is 0. The van der Waals surface area contributed by atoms with Gasteiger partial charge in [0.25, 0.3) is 0 Å². The first kappa shape index (κ1) is 92.7. The van der Waals surface area contributed by atoms with E-state index < -0.39 is 24.3 Å². The lowest BCUT2D eigenvalue weighted by Gasteiger charge is -2.26. The van der Waals surface area contributed by atoms with Crippen LogP contribution in [0.1, 0.15) is 361 Å². The van der Waals surface area contributed by atoms with Crippen LogP contribution in [0.2, 0.25) is 0 Å². The van der Waals surface area contributed by atoms with Gasteiger partial charge in [0.15, 0.2) is 12.4 Å². The van der Waals surface area contributed by atoms with Crippen LogP contribution in [0.4, 0.5) is 0 Å². The van der Waals surface area contributed by atoms with Crippen molar-refractivity contribution < 1.29 is 42.9 Å². The Morgan fingerprint density at radius 3 is 0.876 bits per heavy atom.